The summed E-state index contributed by atoms with van der Waals surface area (Å²) < 4.78 is 0. The largest absolute Gasteiger partial charge is 0.478 e. The molecular weight excluding hydrogens is 232 g/mol. The monoisotopic (exact) mass is 248 g/mol. The minimum Gasteiger partial charge on any atom is -0.478 e. The van der Waals surface area contributed by atoms with Crippen LogP contribution in [-0.4, -0.2) is 22.0 Å². The molecule has 1 aromatic heterocycles. The summed E-state index contributed by atoms with van der Waals surface area (Å²) in [5, 5.41) is 11.5. The smallest absolute Gasteiger partial charge is 0.331 e. The average Bonchev–Trinajstić information content (AvgIpc) is 2.35. The third-order valence-electron chi connectivity index (χ3n) is 2.81. The van der Waals surface area contributed by atoms with Crippen molar-refractivity contribution in [3.05, 3.63) is 40.7 Å². The van der Waals surface area contributed by atoms with Crippen molar-refractivity contribution in [2.45, 2.75) is 27.3 Å². The number of carboxylic acid groups (broad SMARTS) is 1. The maximum Gasteiger partial charge on any atom is 0.331 e. The Balaban J connectivity index is 2.71. The zero-order chi connectivity index (χ0) is 13.7. The van der Waals surface area contributed by atoms with Crippen LogP contribution in [0, 0.1) is 6.92 Å². The van der Waals surface area contributed by atoms with Crippen LogP contribution < -0.4 is 5.32 Å². The summed E-state index contributed by atoms with van der Waals surface area (Å²) in [6, 6.07) is 1.85. The van der Waals surface area contributed by atoms with Gasteiger partial charge < -0.3 is 10.4 Å². The van der Waals surface area contributed by atoms with Crippen LogP contribution in [-0.2, 0) is 16.1 Å². The predicted octanol–water partition coefficient (Wildman–Crippen LogP) is 1.43. The van der Waals surface area contributed by atoms with Gasteiger partial charge in [-0.15, -0.1) is 0 Å². The molecule has 1 heterocycles. The Morgan fingerprint density at radius 3 is 2.56 bits per heavy atom. The van der Waals surface area contributed by atoms with Crippen LogP contribution in [0.3, 0.4) is 0 Å². The van der Waals surface area contributed by atoms with Gasteiger partial charge in [0.05, 0.1) is 0 Å². The highest BCUT2D eigenvalue weighted by atomic mass is 16.4. The van der Waals surface area contributed by atoms with E-state index in [1.807, 2.05) is 13.0 Å². The molecule has 0 aliphatic rings. The number of pyridine rings is 1. The van der Waals surface area contributed by atoms with E-state index in [0.29, 0.717) is 6.54 Å². The number of aryl methyl sites for hydroxylation is 1. The van der Waals surface area contributed by atoms with E-state index in [1.165, 1.54) is 13.8 Å². The molecule has 0 aromatic carbocycles. The number of carbonyl (C=O) groups excluding carboxylic acids is 1. The van der Waals surface area contributed by atoms with Gasteiger partial charge in [-0.1, -0.05) is 0 Å². The summed E-state index contributed by atoms with van der Waals surface area (Å²) in [5.41, 5.74) is 2.20. The number of hydrogen-bond donors (Lipinski definition) is 2. The van der Waals surface area contributed by atoms with Crippen molar-refractivity contribution < 1.29 is 14.7 Å². The second-order valence-corrected chi connectivity index (χ2v) is 4.04. The average molecular weight is 248 g/mol. The van der Waals surface area contributed by atoms with Crippen LogP contribution in [0.4, 0.5) is 0 Å². The molecule has 0 saturated carbocycles. The highest BCUT2D eigenvalue weighted by molar-refractivity contribution is 6.01. The highest BCUT2D eigenvalue weighted by Crippen LogP contribution is 2.06. The molecule has 5 nitrogen and oxygen atoms in total. The first-order valence-corrected chi connectivity index (χ1v) is 5.52. The SMILES string of the molecule is C/C(C(=O)O)=C(/C)C(=O)NCc1cnccc1C. The van der Waals surface area contributed by atoms with Crippen molar-refractivity contribution >= 4 is 11.9 Å². The Bertz CT molecular complexity index is 507. The molecule has 0 spiro atoms. The summed E-state index contributed by atoms with van der Waals surface area (Å²) in [4.78, 5) is 26.4. The number of nitrogens with zero attached hydrogens (tertiary/aromatic N) is 1. The fourth-order valence-corrected chi connectivity index (χ4v) is 1.32. The van der Waals surface area contributed by atoms with Gasteiger partial charge in [0.25, 0.3) is 0 Å². The summed E-state index contributed by atoms with van der Waals surface area (Å²) in [5.74, 6) is -1.46. The molecule has 5 heteroatoms. The van der Waals surface area contributed by atoms with E-state index in [0.717, 1.165) is 11.1 Å². The number of rotatable bonds is 4. The van der Waals surface area contributed by atoms with E-state index in [-0.39, 0.29) is 17.1 Å². The molecule has 18 heavy (non-hydrogen) atoms. The Morgan fingerprint density at radius 1 is 1.33 bits per heavy atom. The van der Waals surface area contributed by atoms with Crippen molar-refractivity contribution in [2.24, 2.45) is 0 Å². The van der Waals surface area contributed by atoms with Crippen LogP contribution in [0.25, 0.3) is 0 Å². The third kappa shape index (κ3) is 3.41. The molecule has 1 amide bonds. The standard InChI is InChI=1S/C13H16N2O3/c1-8-4-5-14-6-11(8)7-15-12(16)9(2)10(3)13(17)18/h4-6H,7H2,1-3H3,(H,15,16)(H,17,18)/b10-9+. The van der Waals surface area contributed by atoms with Crippen molar-refractivity contribution in [2.75, 3.05) is 0 Å². The van der Waals surface area contributed by atoms with Crippen LogP contribution in [0.2, 0.25) is 0 Å². The van der Waals surface area contributed by atoms with Gasteiger partial charge in [0.2, 0.25) is 5.91 Å². The lowest BCUT2D eigenvalue weighted by Gasteiger charge is -2.08. The van der Waals surface area contributed by atoms with Gasteiger partial charge in [0.1, 0.15) is 0 Å². The van der Waals surface area contributed by atoms with Gasteiger partial charge in [-0.25, -0.2) is 4.79 Å². The van der Waals surface area contributed by atoms with Crippen molar-refractivity contribution in [3.8, 4) is 0 Å². The van der Waals surface area contributed by atoms with E-state index < -0.39 is 5.97 Å². The zero-order valence-electron chi connectivity index (χ0n) is 10.7. The second kappa shape index (κ2) is 5.95. The van der Waals surface area contributed by atoms with Gasteiger partial charge in [0, 0.05) is 30.1 Å². The number of nitrogens with one attached hydrogen (secondary N) is 1. The van der Waals surface area contributed by atoms with E-state index in [4.69, 9.17) is 5.11 Å². The summed E-state index contributed by atoms with van der Waals surface area (Å²) in [7, 11) is 0. The number of amides is 1. The quantitative estimate of drug-likeness (QED) is 0.790. The van der Waals surface area contributed by atoms with E-state index >= 15 is 0 Å². The minimum absolute atomic E-state index is 0.0513. The van der Waals surface area contributed by atoms with Gasteiger partial charge in [-0.3, -0.25) is 9.78 Å². The molecule has 1 aromatic rings. The van der Waals surface area contributed by atoms with E-state index in [1.54, 1.807) is 12.4 Å². The molecule has 96 valence electrons. The van der Waals surface area contributed by atoms with Gasteiger partial charge in [-0.2, -0.15) is 0 Å². The highest BCUT2D eigenvalue weighted by Gasteiger charge is 2.12. The Morgan fingerprint density at radius 2 is 2.00 bits per heavy atom. The van der Waals surface area contributed by atoms with E-state index in [9.17, 15) is 9.59 Å². The lowest BCUT2D eigenvalue weighted by Crippen LogP contribution is -2.25. The molecule has 0 bridgehead atoms. The molecule has 0 aliphatic carbocycles. The van der Waals surface area contributed by atoms with Gasteiger partial charge >= 0.3 is 5.97 Å². The topological polar surface area (TPSA) is 79.3 Å². The number of aliphatic carboxylic acids is 1. The number of carboxylic acids is 1. The second-order valence-electron chi connectivity index (χ2n) is 4.04. The Hall–Kier alpha value is -2.17. The lowest BCUT2D eigenvalue weighted by atomic mass is 10.1. The van der Waals surface area contributed by atoms with Crippen LogP contribution in [0.1, 0.15) is 25.0 Å². The molecule has 1 rings (SSSR count). The first-order valence-electron chi connectivity index (χ1n) is 5.52. The van der Waals surface area contributed by atoms with E-state index in [2.05, 4.69) is 10.3 Å². The molecular formula is C13H16N2O3. The minimum atomic E-state index is -1.08. The molecule has 0 radical (unpaired) electrons. The van der Waals surface area contributed by atoms with Crippen LogP contribution in [0.15, 0.2) is 29.6 Å². The maximum atomic E-state index is 11.7. The first kappa shape index (κ1) is 13.9. The lowest BCUT2D eigenvalue weighted by molar-refractivity contribution is -0.133. The molecule has 2 N–H and O–H groups in total. The number of aromatic nitrogens is 1. The zero-order valence-corrected chi connectivity index (χ0v) is 10.7. The van der Waals surface area contributed by atoms with Crippen LogP contribution in [0.5, 0.6) is 0 Å². The number of carbonyl (C=O) groups is 2. The molecule has 0 aliphatic heterocycles. The fourth-order valence-electron chi connectivity index (χ4n) is 1.32. The Kier molecular flexibility index (Phi) is 4.59. The normalized spacial score (nSPS) is 11.7. The molecule has 0 unspecified atom stereocenters. The fraction of sp³-hybridized carbons (Fsp3) is 0.308. The predicted molar refractivity (Wildman–Crippen MR) is 66.8 cm³/mol. The molecule has 0 atom stereocenters. The van der Waals surface area contributed by atoms with Crippen molar-refractivity contribution in [3.63, 3.8) is 0 Å². The molecule has 0 saturated heterocycles. The third-order valence-corrected chi connectivity index (χ3v) is 2.81. The number of hydrogen-bond acceptors (Lipinski definition) is 3. The van der Waals surface area contributed by atoms with Crippen LogP contribution >= 0.6 is 0 Å². The van der Waals surface area contributed by atoms with Crippen molar-refractivity contribution in [1.82, 2.24) is 10.3 Å². The summed E-state index contributed by atoms with van der Waals surface area (Å²) >= 11 is 0. The van der Waals surface area contributed by atoms with Gasteiger partial charge in [-0.05, 0) is 38.0 Å². The first-order chi connectivity index (χ1) is 8.43. The summed E-state index contributed by atoms with van der Waals surface area (Å²) in [6.07, 6.45) is 3.36. The van der Waals surface area contributed by atoms with Gasteiger partial charge in [0.15, 0.2) is 0 Å². The molecule has 0 fully saturated rings. The summed E-state index contributed by atoms with van der Waals surface area (Å²) in [6.45, 7) is 5.17. The Labute approximate surface area is 106 Å². The van der Waals surface area contributed by atoms with Crippen molar-refractivity contribution in [1.29, 1.82) is 0 Å². The maximum absolute atomic E-state index is 11.7.